The van der Waals surface area contributed by atoms with Crippen molar-refractivity contribution in [2.24, 2.45) is 0 Å². The van der Waals surface area contributed by atoms with Gasteiger partial charge in [0.2, 0.25) is 5.82 Å². The van der Waals surface area contributed by atoms with Gasteiger partial charge in [0.1, 0.15) is 11.6 Å². The molecule has 0 aliphatic rings. The third-order valence-corrected chi connectivity index (χ3v) is 3.56. The lowest BCUT2D eigenvalue weighted by atomic mass is 10.2. The molecule has 0 bridgehead atoms. The van der Waals surface area contributed by atoms with E-state index in [9.17, 15) is 18.3 Å². The lowest BCUT2D eigenvalue weighted by Crippen LogP contribution is -2.13. The Labute approximate surface area is 146 Å². The zero-order valence-electron chi connectivity index (χ0n) is 13.8. The Morgan fingerprint density at radius 2 is 1.69 bits per heavy atom. The van der Waals surface area contributed by atoms with Gasteiger partial charge in [-0.3, -0.25) is 0 Å². The van der Waals surface area contributed by atoms with Crippen LogP contribution in [0, 0.1) is 0 Å². The number of aromatic hydroxyl groups is 1. The minimum atomic E-state index is -4.73. The van der Waals surface area contributed by atoms with Gasteiger partial charge in [0.15, 0.2) is 11.5 Å². The molecule has 0 unspecified atom stereocenters. The molecule has 9 heteroatoms. The number of alkyl halides is 3. The van der Waals surface area contributed by atoms with Gasteiger partial charge in [0, 0.05) is 23.2 Å². The number of phenols is 1. The van der Waals surface area contributed by atoms with Gasteiger partial charge in [-0.15, -0.1) is 0 Å². The molecule has 0 amide bonds. The summed E-state index contributed by atoms with van der Waals surface area (Å²) in [5, 5.41) is 12.6. The number of hydrogen-bond acceptors (Lipinski definition) is 6. The summed E-state index contributed by atoms with van der Waals surface area (Å²) < 4.78 is 49.9. The second-order valence-electron chi connectivity index (χ2n) is 5.29. The van der Waals surface area contributed by atoms with Crippen LogP contribution in [0.15, 0.2) is 36.4 Å². The zero-order valence-corrected chi connectivity index (χ0v) is 13.8. The van der Waals surface area contributed by atoms with Crippen LogP contribution in [0.3, 0.4) is 0 Å². The molecule has 2 N–H and O–H groups in total. The second kappa shape index (κ2) is 6.58. The SMILES string of the molecule is COc1cc2nc(C(F)(F)F)nc(Nc3cccc(O)c3)c2cc1OC. The number of benzene rings is 2. The van der Waals surface area contributed by atoms with E-state index in [1.165, 1.54) is 38.5 Å². The number of nitrogens with zero attached hydrogens (tertiary/aromatic N) is 2. The van der Waals surface area contributed by atoms with E-state index < -0.39 is 12.0 Å². The Balaban J connectivity index is 2.23. The summed E-state index contributed by atoms with van der Waals surface area (Å²) in [4.78, 5) is 7.19. The van der Waals surface area contributed by atoms with Crippen LogP contribution in [-0.2, 0) is 6.18 Å². The van der Waals surface area contributed by atoms with Gasteiger partial charge in [0.25, 0.3) is 0 Å². The van der Waals surface area contributed by atoms with Gasteiger partial charge in [-0.2, -0.15) is 13.2 Å². The molecule has 6 nitrogen and oxygen atoms in total. The summed E-state index contributed by atoms with van der Waals surface area (Å²) in [6, 6.07) is 8.77. The first kappa shape index (κ1) is 17.6. The van der Waals surface area contributed by atoms with Crippen molar-refractivity contribution in [2.45, 2.75) is 6.18 Å². The molecule has 0 atom stereocenters. The molecular weight excluding hydrogens is 351 g/mol. The Bertz CT molecular complexity index is 961. The van der Waals surface area contributed by atoms with Crippen molar-refractivity contribution in [3.8, 4) is 17.2 Å². The van der Waals surface area contributed by atoms with Gasteiger partial charge in [-0.1, -0.05) is 6.07 Å². The van der Waals surface area contributed by atoms with Crippen LogP contribution in [0.4, 0.5) is 24.7 Å². The predicted octanol–water partition coefficient (Wildman–Crippen LogP) is 4.12. The van der Waals surface area contributed by atoms with Crippen LogP contribution in [0.2, 0.25) is 0 Å². The molecule has 0 aliphatic heterocycles. The first-order valence-electron chi connectivity index (χ1n) is 7.39. The summed E-state index contributed by atoms with van der Waals surface area (Å²) in [5.41, 5.74) is 0.403. The fraction of sp³-hybridized carbons (Fsp3) is 0.176. The predicted molar refractivity (Wildman–Crippen MR) is 89.0 cm³/mol. The number of phenolic OH excluding ortho intramolecular Hbond substituents is 1. The van der Waals surface area contributed by atoms with Gasteiger partial charge >= 0.3 is 6.18 Å². The summed E-state index contributed by atoms with van der Waals surface area (Å²) in [5.74, 6) is -0.838. The van der Waals surface area contributed by atoms with Gasteiger partial charge in [-0.25, -0.2) is 9.97 Å². The smallest absolute Gasteiger partial charge is 0.451 e. The number of halogens is 3. The minimum Gasteiger partial charge on any atom is -0.508 e. The van der Waals surface area contributed by atoms with E-state index in [-0.39, 0.29) is 22.8 Å². The minimum absolute atomic E-state index is 0.0348. The van der Waals surface area contributed by atoms with Crippen molar-refractivity contribution < 1.29 is 27.8 Å². The molecule has 3 aromatic rings. The van der Waals surface area contributed by atoms with E-state index in [0.29, 0.717) is 16.8 Å². The normalized spacial score (nSPS) is 11.4. The quantitative estimate of drug-likeness (QED) is 0.725. The maximum absolute atomic E-state index is 13.2. The van der Waals surface area contributed by atoms with Crippen LogP contribution in [0.25, 0.3) is 10.9 Å². The molecule has 0 fully saturated rings. The molecule has 0 saturated heterocycles. The van der Waals surface area contributed by atoms with Crippen molar-refractivity contribution >= 4 is 22.4 Å². The highest BCUT2D eigenvalue weighted by Gasteiger charge is 2.35. The third kappa shape index (κ3) is 3.41. The average Bonchev–Trinajstić information content (AvgIpc) is 2.59. The Kier molecular flexibility index (Phi) is 4.45. The van der Waals surface area contributed by atoms with Crippen molar-refractivity contribution in [3.05, 3.63) is 42.2 Å². The molecule has 3 rings (SSSR count). The molecule has 26 heavy (non-hydrogen) atoms. The largest absolute Gasteiger partial charge is 0.508 e. The number of anilines is 2. The van der Waals surface area contributed by atoms with E-state index >= 15 is 0 Å². The van der Waals surface area contributed by atoms with Crippen molar-refractivity contribution in [1.29, 1.82) is 0 Å². The number of hydrogen-bond donors (Lipinski definition) is 2. The van der Waals surface area contributed by atoms with Crippen LogP contribution in [0.1, 0.15) is 5.82 Å². The van der Waals surface area contributed by atoms with Gasteiger partial charge < -0.3 is 19.9 Å². The molecule has 0 aliphatic carbocycles. The number of fused-ring (bicyclic) bond motifs is 1. The summed E-state index contributed by atoms with van der Waals surface area (Å²) in [6.07, 6.45) is -4.73. The molecule has 1 heterocycles. The van der Waals surface area contributed by atoms with Crippen molar-refractivity contribution in [3.63, 3.8) is 0 Å². The highest BCUT2D eigenvalue weighted by atomic mass is 19.4. The highest BCUT2D eigenvalue weighted by molar-refractivity contribution is 5.93. The molecule has 1 aromatic heterocycles. The standard InChI is InChI=1S/C17H14F3N3O3/c1-25-13-7-11-12(8-14(13)26-2)22-16(17(18,19)20)23-15(11)21-9-4-3-5-10(24)6-9/h3-8,24H,1-2H3,(H,21,22,23). The maximum Gasteiger partial charge on any atom is 0.451 e. The summed E-state index contributed by atoms with van der Waals surface area (Å²) in [6.45, 7) is 0. The maximum atomic E-state index is 13.2. The van der Waals surface area contributed by atoms with Gasteiger partial charge in [0.05, 0.1) is 19.7 Å². The average molecular weight is 365 g/mol. The van der Waals surface area contributed by atoms with E-state index in [0.717, 1.165) is 0 Å². The number of ether oxygens (including phenoxy) is 2. The number of rotatable bonds is 4. The lowest BCUT2D eigenvalue weighted by molar-refractivity contribution is -0.144. The fourth-order valence-electron chi connectivity index (χ4n) is 2.40. The van der Waals surface area contributed by atoms with Gasteiger partial charge in [-0.05, 0) is 18.2 Å². The van der Waals surface area contributed by atoms with E-state index in [1.54, 1.807) is 12.1 Å². The second-order valence-corrected chi connectivity index (χ2v) is 5.29. The Morgan fingerprint density at radius 3 is 2.31 bits per heavy atom. The molecule has 2 aromatic carbocycles. The number of nitrogens with one attached hydrogen (secondary N) is 1. The van der Waals surface area contributed by atoms with Crippen LogP contribution in [0.5, 0.6) is 17.2 Å². The third-order valence-electron chi connectivity index (χ3n) is 3.56. The lowest BCUT2D eigenvalue weighted by Gasteiger charge is -2.15. The topological polar surface area (TPSA) is 76.5 Å². The van der Waals surface area contributed by atoms with Crippen molar-refractivity contribution in [2.75, 3.05) is 19.5 Å². The van der Waals surface area contributed by atoms with E-state index in [4.69, 9.17) is 9.47 Å². The Hall–Kier alpha value is -3.23. The van der Waals surface area contributed by atoms with E-state index in [2.05, 4.69) is 15.3 Å². The molecule has 136 valence electrons. The molecule has 0 radical (unpaired) electrons. The fourth-order valence-corrected chi connectivity index (χ4v) is 2.40. The first-order valence-corrected chi connectivity index (χ1v) is 7.39. The molecule has 0 spiro atoms. The highest BCUT2D eigenvalue weighted by Crippen LogP contribution is 2.37. The summed E-state index contributed by atoms with van der Waals surface area (Å²) >= 11 is 0. The van der Waals surface area contributed by atoms with Crippen LogP contribution >= 0.6 is 0 Å². The van der Waals surface area contributed by atoms with E-state index in [1.807, 2.05) is 0 Å². The first-order chi connectivity index (χ1) is 12.3. The molecule has 0 saturated carbocycles. The van der Waals surface area contributed by atoms with Crippen molar-refractivity contribution in [1.82, 2.24) is 9.97 Å². The molecular formula is C17H14F3N3O3. The van der Waals surface area contributed by atoms with Crippen LogP contribution in [-0.4, -0.2) is 29.3 Å². The summed E-state index contributed by atoms with van der Waals surface area (Å²) in [7, 11) is 2.79. The van der Waals surface area contributed by atoms with Crippen LogP contribution < -0.4 is 14.8 Å². The monoisotopic (exact) mass is 365 g/mol. The zero-order chi connectivity index (χ0) is 18.9. The number of aromatic nitrogens is 2. The Morgan fingerprint density at radius 1 is 1.00 bits per heavy atom. The number of methoxy groups -OCH3 is 2.